The largest absolute Gasteiger partial charge is 0.368 e. The lowest BCUT2D eigenvalue weighted by atomic mass is 10.1. The number of carbonyl (C=O) groups is 1. The highest BCUT2D eigenvalue weighted by Gasteiger charge is 2.14. The van der Waals surface area contributed by atoms with Crippen LogP contribution in [-0.2, 0) is 0 Å². The van der Waals surface area contributed by atoms with E-state index in [4.69, 9.17) is 5.73 Å². The first-order valence-electron chi connectivity index (χ1n) is 8.02. The zero-order valence-electron chi connectivity index (χ0n) is 13.9. The number of rotatable bonds is 3. The molecule has 0 spiro atoms. The highest BCUT2D eigenvalue weighted by atomic mass is 79.9. The predicted molar refractivity (Wildman–Crippen MR) is 107 cm³/mol. The Kier molecular flexibility index (Phi) is 4.47. The molecular weight excluding hydrogens is 408 g/mol. The van der Waals surface area contributed by atoms with Gasteiger partial charge >= 0.3 is 0 Å². The van der Waals surface area contributed by atoms with Crippen LogP contribution in [0.1, 0.15) is 10.4 Å². The van der Waals surface area contributed by atoms with Gasteiger partial charge in [-0.2, -0.15) is 15.0 Å². The number of carbonyl (C=O) groups excluding carboxylic acids is 1. The standard InChI is InChI=1S/C19H13BrN6O/c20-15-9-12-5-2-1-4-11(12)8-14(15)16-23-18(21)26-19(24-16)25-17(27)13-6-3-7-22-10-13/h1-10H,(H3,21,23,24,25,26,27). The van der Waals surface area contributed by atoms with Crippen molar-refractivity contribution in [3.63, 3.8) is 0 Å². The number of nitrogen functional groups attached to an aromatic ring is 1. The SMILES string of the molecule is Nc1nc(NC(=O)c2cccnc2)nc(-c2cc3ccccc3cc2Br)n1. The molecule has 2 heterocycles. The van der Waals surface area contributed by atoms with Crippen LogP contribution in [0.2, 0.25) is 0 Å². The Bertz CT molecular complexity index is 1150. The van der Waals surface area contributed by atoms with Crippen molar-refractivity contribution in [2.24, 2.45) is 0 Å². The molecule has 0 aliphatic heterocycles. The van der Waals surface area contributed by atoms with Gasteiger partial charge in [0.15, 0.2) is 5.82 Å². The minimum Gasteiger partial charge on any atom is -0.368 e. The van der Waals surface area contributed by atoms with E-state index in [1.54, 1.807) is 18.3 Å². The van der Waals surface area contributed by atoms with Crippen LogP contribution in [0.4, 0.5) is 11.9 Å². The van der Waals surface area contributed by atoms with Gasteiger partial charge in [-0.3, -0.25) is 15.1 Å². The molecule has 0 radical (unpaired) electrons. The summed E-state index contributed by atoms with van der Waals surface area (Å²) < 4.78 is 0.816. The third kappa shape index (κ3) is 3.61. The molecule has 0 saturated carbocycles. The average Bonchev–Trinajstić information content (AvgIpc) is 2.67. The van der Waals surface area contributed by atoms with E-state index >= 15 is 0 Å². The van der Waals surface area contributed by atoms with Gasteiger partial charge < -0.3 is 5.73 Å². The molecule has 0 aliphatic carbocycles. The predicted octanol–water partition coefficient (Wildman–Crippen LogP) is 3.68. The second kappa shape index (κ2) is 7.08. The van der Waals surface area contributed by atoms with Gasteiger partial charge in [-0.1, -0.05) is 40.2 Å². The maximum Gasteiger partial charge on any atom is 0.259 e. The third-order valence-electron chi connectivity index (χ3n) is 3.88. The summed E-state index contributed by atoms with van der Waals surface area (Å²) in [5.41, 5.74) is 6.98. The number of amides is 1. The van der Waals surface area contributed by atoms with E-state index in [0.717, 1.165) is 20.8 Å². The number of nitrogens with two attached hydrogens (primary N) is 1. The number of aromatic nitrogens is 4. The minimum absolute atomic E-state index is 0.0153. The molecule has 4 rings (SSSR count). The molecule has 1 amide bonds. The van der Waals surface area contributed by atoms with E-state index in [0.29, 0.717) is 11.4 Å². The molecule has 0 aliphatic rings. The van der Waals surface area contributed by atoms with E-state index < -0.39 is 0 Å². The minimum atomic E-state index is -0.378. The molecule has 27 heavy (non-hydrogen) atoms. The van der Waals surface area contributed by atoms with Gasteiger partial charge in [0.2, 0.25) is 11.9 Å². The van der Waals surface area contributed by atoms with Crippen molar-refractivity contribution < 1.29 is 4.79 Å². The van der Waals surface area contributed by atoms with Crippen LogP contribution >= 0.6 is 15.9 Å². The Morgan fingerprint density at radius 3 is 2.52 bits per heavy atom. The fourth-order valence-electron chi connectivity index (χ4n) is 2.62. The van der Waals surface area contributed by atoms with Crippen LogP contribution in [0.3, 0.4) is 0 Å². The normalized spacial score (nSPS) is 10.7. The van der Waals surface area contributed by atoms with Crippen LogP contribution in [0.5, 0.6) is 0 Å². The van der Waals surface area contributed by atoms with Gasteiger partial charge in [-0.05, 0) is 35.0 Å². The Morgan fingerprint density at radius 1 is 1.00 bits per heavy atom. The fraction of sp³-hybridized carbons (Fsp3) is 0. The zero-order valence-corrected chi connectivity index (χ0v) is 15.5. The molecule has 3 N–H and O–H groups in total. The first-order valence-corrected chi connectivity index (χ1v) is 8.81. The third-order valence-corrected chi connectivity index (χ3v) is 4.53. The Hall–Kier alpha value is -3.39. The monoisotopic (exact) mass is 420 g/mol. The maximum atomic E-state index is 12.3. The fourth-order valence-corrected chi connectivity index (χ4v) is 3.16. The molecule has 2 aromatic carbocycles. The molecule has 7 nitrogen and oxygen atoms in total. The van der Waals surface area contributed by atoms with Crippen LogP contribution in [0, 0.1) is 0 Å². The maximum absolute atomic E-state index is 12.3. The summed E-state index contributed by atoms with van der Waals surface area (Å²) in [5, 5.41) is 4.75. The molecule has 0 fully saturated rings. The lowest BCUT2D eigenvalue weighted by Crippen LogP contribution is -2.16. The molecule has 2 aromatic heterocycles. The Balaban J connectivity index is 1.73. The van der Waals surface area contributed by atoms with Crippen molar-refractivity contribution in [1.29, 1.82) is 0 Å². The van der Waals surface area contributed by atoms with Gasteiger partial charge in [-0.15, -0.1) is 0 Å². The number of hydrogen-bond acceptors (Lipinski definition) is 6. The number of halogens is 1. The lowest BCUT2D eigenvalue weighted by molar-refractivity contribution is 0.102. The number of anilines is 2. The zero-order chi connectivity index (χ0) is 18.8. The number of hydrogen-bond donors (Lipinski definition) is 2. The first-order chi connectivity index (χ1) is 13.1. The molecule has 0 bridgehead atoms. The van der Waals surface area contributed by atoms with Crippen molar-refractivity contribution in [3.05, 3.63) is 71.0 Å². The van der Waals surface area contributed by atoms with E-state index in [9.17, 15) is 4.79 Å². The highest BCUT2D eigenvalue weighted by Crippen LogP contribution is 2.31. The van der Waals surface area contributed by atoms with Crippen molar-refractivity contribution in [1.82, 2.24) is 19.9 Å². The molecule has 132 valence electrons. The van der Waals surface area contributed by atoms with E-state index in [2.05, 4.69) is 41.2 Å². The molecule has 0 atom stereocenters. The summed E-state index contributed by atoms with van der Waals surface area (Å²) in [7, 11) is 0. The van der Waals surface area contributed by atoms with Crippen molar-refractivity contribution in [3.8, 4) is 11.4 Å². The number of nitrogens with zero attached hydrogens (tertiary/aromatic N) is 4. The second-order valence-corrected chi connectivity index (χ2v) is 6.57. The summed E-state index contributed by atoms with van der Waals surface area (Å²) in [6.45, 7) is 0. The molecule has 0 unspecified atom stereocenters. The Morgan fingerprint density at radius 2 is 1.78 bits per heavy atom. The average molecular weight is 421 g/mol. The molecular formula is C19H13BrN6O. The quantitative estimate of drug-likeness (QED) is 0.523. The van der Waals surface area contributed by atoms with Crippen LogP contribution in [-0.4, -0.2) is 25.8 Å². The number of pyridine rings is 1. The van der Waals surface area contributed by atoms with E-state index in [-0.39, 0.29) is 17.8 Å². The molecule has 8 heteroatoms. The van der Waals surface area contributed by atoms with Crippen LogP contribution < -0.4 is 11.1 Å². The van der Waals surface area contributed by atoms with Crippen molar-refractivity contribution >= 4 is 44.5 Å². The Labute approximate surface area is 162 Å². The van der Waals surface area contributed by atoms with Crippen LogP contribution in [0.15, 0.2) is 65.4 Å². The van der Waals surface area contributed by atoms with Crippen LogP contribution in [0.25, 0.3) is 22.2 Å². The first kappa shape index (κ1) is 17.0. The number of fused-ring (bicyclic) bond motifs is 1. The summed E-state index contributed by atoms with van der Waals surface area (Å²) in [5.74, 6) is 0.0757. The highest BCUT2D eigenvalue weighted by molar-refractivity contribution is 9.10. The van der Waals surface area contributed by atoms with Gasteiger partial charge in [0.25, 0.3) is 5.91 Å². The summed E-state index contributed by atoms with van der Waals surface area (Å²) >= 11 is 3.55. The van der Waals surface area contributed by atoms with E-state index in [1.807, 2.05) is 36.4 Å². The summed E-state index contributed by atoms with van der Waals surface area (Å²) in [4.78, 5) is 28.8. The van der Waals surface area contributed by atoms with Crippen molar-refractivity contribution in [2.45, 2.75) is 0 Å². The lowest BCUT2D eigenvalue weighted by Gasteiger charge is -2.09. The summed E-state index contributed by atoms with van der Waals surface area (Å²) in [6.07, 6.45) is 3.05. The van der Waals surface area contributed by atoms with Crippen molar-refractivity contribution in [2.75, 3.05) is 11.1 Å². The van der Waals surface area contributed by atoms with Gasteiger partial charge in [0, 0.05) is 22.4 Å². The molecule has 0 saturated heterocycles. The molecule has 4 aromatic rings. The summed E-state index contributed by atoms with van der Waals surface area (Å²) in [6, 6.07) is 15.2. The smallest absolute Gasteiger partial charge is 0.259 e. The van der Waals surface area contributed by atoms with Gasteiger partial charge in [-0.25, -0.2) is 0 Å². The second-order valence-electron chi connectivity index (χ2n) is 5.72. The number of benzene rings is 2. The number of nitrogens with one attached hydrogen (secondary N) is 1. The van der Waals surface area contributed by atoms with E-state index in [1.165, 1.54) is 6.20 Å². The van der Waals surface area contributed by atoms with Gasteiger partial charge in [0.1, 0.15) is 0 Å². The topological polar surface area (TPSA) is 107 Å². The van der Waals surface area contributed by atoms with Gasteiger partial charge in [0.05, 0.1) is 5.56 Å².